The molecule has 1 aromatic rings. The molecule has 0 radical (unpaired) electrons. The monoisotopic (exact) mass is 239 g/mol. The summed E-state index contributed by atoms with van der Waals surface area (Å²) in [6.07, 6.45) is 2.97. The minimum atomic E-state index is -0.501. The zero-order valence-corrected chi connectivity index (χ0v) is 10.3. The van der Waals surface area contributed by atoms with Crippen LogP contribution in [0.1, 0.15) is 25.3 Å². The molecule has 1 aliphatic rings. The predicted molar refractivity (Wildman–Crippen MR) is 64.8 cm³/mol. The maximum Gasteiger partial charge on any atom is 0.129 e. The van der Waals surface area contributed by atoms with E-state index in [1.165, 1.54) is 6.07 Å². The third kappa shape index (κ3) is 2.65. The quantitative estimate of drug-likeness (QED) is 0.854. The highest BCUT2D eigenvalue weighted by Crippen LogP contribution is 2.34. The molecule has 0 aliphatic heterocycles. The normalized spacial score (nSPS) is 28.6. The Morgan fingerprint density at radius 2 is 2.06 bits per heavy atom. The lowest BCUT2D eigenvalue weighted by atomic mass is 9.89. The van der Waals surface area contributed by atoms with Crippen molar-refractivity contribution in [2.24, 2.45) is 11.8 Å². The molecule has 2 rings (SSSR count). The molecule has 17 heavy (non-hydrogen) atoms. The molecule has 1 N–H and O–H groups in total. The van der Waals surface area contributed by atoms with Gasteiger partial charge in [-0.1, -0.05) is 13.0 Å². The summed E-state index contributed by atoms with van der Waals surface area (Å²) < 4.78 is 26.4. The highest BCUT2D eigenvalue weighted by atomic mass is 19.1. The van der Waals surface area contributed by atoms with Crippen molar-refractivity contribution >= 4 is 0 Å². The smallest absolute Gasteiger partial charge is 0.129 e. The van der Waals surface area contributed by atoms with Gasteiger partial charge in [0.2, 0.25) is 0 Å². The van der Waals surface area contributed by atoms with Crippen LogP contribution in [-0.4, -0.2) is 13.1 Å². The van der Waals surface area contributed by atoms with Gasteiger partial charge in [0.25, 0.3) is 0 Å². The van der Waals surface area contributed by atoms with Gasteiger partial charge in [0.1, 0.15) is 11.6 Å². The summed E-state index contributed by atoms with van der Waals surface area (Å²) in [7, 11) is 1.97. The number of rotatable bonds is 3. The molecule has 0 spiro atoms. The van der Waals surface area contributed by atoms with Crippen LogP contribution in [-0.2, 0) is 6.42 Å². The molecule has 1 aromatic carbocycles. The first-order chi connectivity index (χ1) is 8.11. The molecule has 0 bridgehead atoms. The van der Waals surface area contributed by atoms with Crippen LogP contribution in [0.25, 0.3) is 0 Å². The second-order valence-corrected chi connectivity index (χ2v) is 5.03. The Balaban J connectivity index is 2.06. The largest absolute Gasteiger partial charge is 0.317 e. The number of benzene rings is 1. The average Bonchev–Trinajstić information content (AvgIpc) is 2.64. The average molecular weight is 239 g/mol. The second kappa shape index (κ2) is 5.13. The number of hydrogen-bond acceptors (Lipinski definition) is 1. The predicted octanol–water partition coefficient (Wildman–Crippen LogP) is 3.14. The number of halogens is 2. The second-order valence-electron chi connectivity index (χ2n) is 5.03. The number of nitrogens with one attached hydrogen (secondary N) is 1. The van der Waals surface area contributed by atoms with Gasteiger partial charge in [-0.3, -0.25) is 0 Å². The first-order valence-corrected chi connectivity index (χ1v) is 6.23. The molecule has 3 heteroatoms. The van der Waals surface area contributed by atoms with Crippen LogP contribution >= 0.6 is 0 Å². The third-order valence-corrected chi connectivity index (χ3v) is 4.09. The summed E-state index contributed by atoms with van der Waals surface area (Å²) in [6, 6.07) is 4.42. The Hall–Kier alpha value is -0.960. The van der Waals surface area contributed by atoms with Crippen LogP contribution in [0.5, 0.6) is 0 Å². The topological polar surface area (TPSA) is 12.0 Å². The lowest BCUT2D eigenvalue weighted by Crippen LogP contribution is -2.29. The SMILES string of the molecule is CNC1CCC(Cc2ccc(F)cc2F)C1C. The minimum absolute atomic E-state index is 0.412. The van der Waals surface area contributed by atoms with Crippen LogP contribution < -0.4 is 5.32 Å². The molecule has 0 saturated heterocycles. The van der Waals surface area contributed by atoms with Crippen molar-refractivity contribution in [2.45, 2.75) is 32.2 Å². The Kier molecular flexibility index (Phi) is 3.77. The summed E-state index contributed by atoms with van der Waals surface area (Å²) in [5.74, 6) is 0.126. The molecule has 3 atom stereocenters. The molecule has 94 valence electrons. The van der Waals surface area contributed by atoms with Crippen LogP contribution in [0.4, 0.5) is 8.78 Å². The van der Waals surface area contributed by atoms with E-state index in [1.54, 1.807) is 6.07 Å². The van der Waals surface area contributed by atoms with E-state index in [9.17, 15) is 8.78 Å². The Bertz CT molecular complexity index is 392. The van der Waals surface area contributed by atoms with Crippen molar-refractivity contribution in [1.29, 1.82) is 0 Å². The van der Waals surface area contributed by atoms with Gasteiger partial charge < -0.3 is 5.32 Å². The van der Waals surface area contributed by atoms with Crippen molar-refractivity contribution in [3.63, 3.8) is 0 Å². The zero-order chi connectivity index (χ0) is 12.4. The van der Waals surface area contributed by atoms with Crippen molar-refractivity contribution in [3.05, 3.63) is 35.4 Å². The van der Waals surface area contributed by atoms with E-state index in [2.05, 4.69) is 12.2 Å². The maximum atomic E-state index is 13.6. The van der Waals surface area contributed by atoms with Gasteiger partial charge in [-0.05, 0) is 49.8 Å². The molecule has 0 aromatic heterocycles. The summed E-state index contributed by atoms with van der Waals surface area (Å²) in [5.41, 5.74) is 0.639. The Labute approximate surface area is 101 Å². The van der Waals surface area contributed by atoms with E-state index in [1.807, 2.05) is 7.05 Å². The Morgan fingerprint density at radius 1 is 1.29 bits per heavy atom. The highest BCUT2D eigenvalue weighted by Gasteiger charge is 2.31. The molecular weight excluding hydrogens is 220 g/mol. The maximum absolute atomic E-state index is 13.6. The zero-order valence-electron chi connectivity index (χ0n) is 10.3. The first kappa shape index (κ1) is 12.5. The summed E-state index contributed by atoms with van der Waals surface area (Å²) in [4.78, 5) is 0. The van der Waals surface area contributed by atoms with Gasteiger partial charge in [-0.15, -0.1) is 0 Å². The van der Waals surface area contributed by atoms with E-state index < -0.39 is 11.6 Å². The first-order valence-electron chi connectivity index (χ1n) is 6.23. The van der Waals surface area contributed by atoms with Crippen LogP contribution in [0.15, 0.2) is 18.2 Å². The van der Waals surface area contributed by atoms with Crippen molar-refractivity contribution in [3.8, 4) is 0 Å². The van der Waals surface area contributed by atoms with Gasteiger partial charge >= 0.3 is 0 Å². The molecular formula is C14H19F2N. The lowest BCUT2D eigenvalue weighted by molar-refractivity contribution is 0.360. The fourth-order valence-corrected chi connectivity index (χ4v) is 2.91. The molecule has 0 amide bonds. The minimum Gasteiger partial charge on any atom is -0.317 e. The van der Waals surface area contributed by atoms with Crippen LogP contribution in [0, 0.1) is 23.5 Å². The van der Waals surface area contributed by atoms with Gasteiger partial charge in [-0.2, -0.15) is 0 Å². The third-order valence-electron chi connectivity index (χ3n) is 4.09. The molecule has 1 saturated carbocycles. The van der Waals surface area contributed by atoms with Gasteiger partial charge in [0, 0.05) is 12.1 Å². The molecule has 1 nitrogen and oxygen atoms in total. The molecule has 1 fully saturated rings. The summed E-state index contributed by atoms with van der Waals surface area (Å²) in [5, 5.41) is 3.30. The number of hydrogen-bond donors (Lipinski definition) is 1. The fourth-order valence-electron chi connectivity index (χ4n) is 2.91. The summed E-state index contributed by atoms with van der Waals surface area (Å²) in [6.45, 7) is 2.21. The fraction of sp³-hybridized carbons (Fsp3) is 0.571. The molecule has 0 heterocycles. The molecule has 1 aliphatic carbocycles. The summed E-state index contributed by atoms with van der Waals surface area (Å²) >= 11 is 0. The van der Waals surface area contributed by atoms with E-state index in [-0.39, 0.29) is 0 Å². The highest BCUT2D eigenvalue weighted by molar-refractivity contribution is 5.19. The van der Waals surface area contributed by atoms with Gasteiger partial charge in [0.05, 0.1) is 0 Å². The van der Waals surface area contributed by atoms with Crippen molar-refractivity contribution in [1.82, 2.24) is 5.32 Å². The van der Waals surface area contributed by atoms with E-state index in [4.69, 9.17) is 0 Å². The van der Waals surface area contributed by atoms with E-state index in [0.717, 1.165) is 18.9 Å². The van der Waals surface area contributed by atoms with Gasteiger partial charge in [0.15, 0.2) is 0 Å². The Morgan fingerprint density at radius 3 is 2.65 bits per heavy atom. The van der Waals surface area contributed by atoms with E-state index >= 15 is 0 Å². The molecule has 3 unspecified atom stereocenters. The van der Waals surface area contributed by atoms with Crippen molar-refractivity contribution in [2.75, 3.05) is 7.05 Å². The van der Waals surface area contributed by atoms with Crippen LogP contribution in [0.2, 0.25) is 0 Å². The lowest BCUT2D eigenvalue weighted by Gasteiger charge is -2.20. The van der Waals surface area contributed by atoms with Crippen molar-refractivity contribution < 1.29 is 8.78 Å². The van der Waals surface area contributed by atoms with Crippen LogP contribution in [0.3, 0.4) is 0 Å². The van der Waals surface area contributed by atoms with Gasteiger partial charge in [-0.25, -0.2) is 8.78 Å². The standard InChI is InChI=1S/C14H19F2N/c1-9-10(4-6-14(9)17-2)7-11-3-5-12(15)8-13(11)16/h3,5,8-10,14,17H,4,6-7H2,1-2H3. The van der Waals surface area contributed by atoms with E-state index in [0.29, 0.717) is 29.9 Å².